The van der Waals surface area contributed by atoms with Gasteiger partial charge in [0.05, 0.1) is 13.2 Å². The third-order valence-electron chi connectivity index (χ3n) is 1.72. The number of ether oxygens (including phenoxy) is 2. The number of carbonyl (C=O) groups is 2. The quantitative estimate of drug-likeness (QED) is 0.601. The Balaban J connectivity index is 3.11. The summed E-state index contributed by atoms with van der Waals surface area (Å²) in [5.74, 6) is -1.42. The van der Waals surface area contributed by atoms with E-state index in [1.807, 2.05) is 0 Å². The van der Waals surface area contributed by atoms with Gasteiger partial charge < -0.3 is 9.47 Å². The van der Waals surface area contributed by atoms with Gasteiger partial charge in [0.15, 0.2) is 5.69 Å². The number of hydrogen-bond acceptors (Lipinski definition) is 6. The fraction of sp³-hybridized carbons (Fsp3) is 0.400. The first-order valence-corrected chi connectivity index (χ1v) is 5.34. The lowest BCUT2D eigenvalue weighted by Crippen LogP contribution is -2.16. The van der Waals surface area contributed by atoms with Gasteiger partial charge in [0.1, 0.15) is 5.56 Å². The highest BCUT2D eigenvalue weighted by atomic mass is 35.5. The molecule has 1 aromatic heterocycles. The van der Waals surface area contributed by atoms with E-state index in [-0.39, 0.29) is 29.8 Å². The molecule has 0 aliphatic heterocycles. The molecule has 1 heterocycles. The van der Waals surface area contributed by atoms with E-state index >= 15 is 0 Å². The van der Waals surface area contributed by atoms with Crippen LogP contribution in [0.5, 0.6) is 0 Å². The molecule has 1 aromatic rings. The lowest BCUT2D eigenvalue weighted by Gasteiger charge is -2.06. The van der Waals surface area contributed by atoms with Gasteiger partial charge in [0.25, 0.3) is 0 Å². The first-order chi connectivity index (χ1) is 8.10. The minimum atomic E-state index is -0.736. The van der Waals surface area contributed by atoms with Crippen LogP contribution in [0.25, 0.3) is 0 Å². The normalized spacial score (nSPS) is 9.82. The number of esters is 2. The largest absolute Gasteiger partial charge is 0.462 e. The van der Waals surface area contributed by atoms with Crippen molar-refractivity contribution in [3.05, 3.63) is 22.7 Å². The van der Waals surface area contributed by atoms with Crippen molar-refractivity contribution in [2.45, 2.75) is 13.8 Å². The summed E-state index contributed by atoms with van der Waals surface area (Å²) in [7, 11) is 0. The zero-order chi connectivity index (χ0) is 12.8. The van der Waals surface area contributed by atoms with Crippen LogP contribution in [0, 0.1) is 0 Å². The summed E-state index contributed by atoms with van der Waals surface area (Å²) in [4.78, 5) is 30.4. The Kier molecular flexibility index (Phi) is 4.84. The van der Waals surface area contributed by atoms with Crippen LogP contribution >= 0.6 is 11.6 Å². The van der Waals surface area contributed by atoms with Crippen molar-refractivity contribution in [1.82, 2.24) is 9.97 Å². The molecule has 17 heavy (non-hydrogen) atoms. The average Bonchev–Trinajstić information content (AvgIpc) is 2.29. The van der Waals surface area contributed by atoms with Gasteiger partial charge in [-0.1, -0.05) is 0 Å². The van der Waals surface area contributed by atoms with E-state index in [4.69, 9.17) is 21.1 Å². The molecule has 7 heteroatoms. The summed E-state index contributed by atoms with van der Waals surface area (Å²) in [6, 6.07) is 0. The van der Waals surface area contributed by atoms with Crippen molar-refractivity contribution < 1.29 is 19.1 Å². The Bertz CT molecular complexity index is 436. The highest BCUT2D eigenvalue weighted by Crippen LogP contribution is 2.11. The second-order valence-electron chi connectivity index (χ2n) is 2.84. The summed E-state index contributed by atoms with van der Waals surface area (Å²) in [5.41, 5.74) is -0.250. The number of hydrogen-bond donors (Lipinski definition) is 0. The number of rotatable bonds is 4. The molecule has 0 fully saturated rings. The summed E-state index contributed by atoms with van der Waals surface area (Å²) < 4.78 is 9.52. The third kappa shape index (κ3) is 3.39. The molecule has 0 radical (unpaired) electrons. The first kappa shape index (κ1) is 13.4. The maximum Gasteiger partial charge on any atom is 0.358 e. The first-order valence-electron chi connectivity index (χ1n) is 4.96. The van der Waals surface area contributed by atoms with Crippen molar-refractivity contribution in [3.8, 4) is 0 Å². The fourth-order valence-corrected chi connectivity index (χ4v) is 1.21. The van der Waals surface area contributed by atoms with E-state index in [1.54, 1.807) is 13.8 Å². The highest BCUT2D eigenvalue weighted by molar-refractivity contribution is 6.28. The van der Waals surface area contributed by atoms with Gasteiger partial charge in [-0.15, -0.1) is 0 Å². The molecule has 0 unspecified atom stereocenters. The maximum absolute atomic E-state index is 11.5. The van der Waals surface area contributed by atoms with Gasteiger partial charge in [0.2, 0.25) is 5.28 Å². The van der Waals surface area contributed by atoms with Crippen molar-refractivity contribution in [3.63, 3.8) is 0 Å². The molecule has 0 saturated carbocycles. The van der Waals surface area contributed by atoms with Crippen LogP contribution in [0.4, 0.5) is 0 Å². The monoisotopic (exact) mass is 258 g/mol. The van der Waals surface area contributed by atoms with Gasteiger partial charge in [-0.2, -0.15) is 0 Å². The molecule has 0 saturated heterocycles. The molecule has 0 aliphatic carbocycles. The number of halogens is 1. The van der Waals surface area contributed by atoms with Gasteiger partial charge in [-0.3, -0.25) is 0 Å². The van der Waals surface area contributed by atoms with Crippen molar-refractivity contribution in [1.29, 1.82) is 0 Å². The van der Waals surface area contributed by atoms with Crippen LogP contribution in [0.1, 0.15) is 34.7 Å². The average molecular weight is 259 g/mol. The van der Waals surface area contributed by atoms with Crippen LogP contribution in [-0.4, -0.2) is 35.1 Å². The summed E-state index contributed by atoms with van der Waals surface area (Å²) in [5, 5.41) is -0.138. The standard InChI is InChI=1S/C10H11ClN2O4/c1-3-16-8(14)6-5-12-10(11)13-7(6)9(15)17-4-2/h5H,3-4H2,1-2H3. The molecule has 0 bridgehead atoms. The van der Waals surface area contributed by atoms with E-state index < -0.39 is 11.9 Å². The summed E-state index contributed by atoms with van der Waals surface area (Å²) in [6.45, 7) is 3.65. The Morgan fingerprint density at radius 1 is 1.24 bits per heavy atom. The smallest absolute Gasteiger partial charge is 0.358 e. The molecule has 0 spiro atoms. The van der Waals surface area contributed by atoms with Gasteiger partial charge >= 0.3 is 11.9 Å². The number of aromatic nitrogens is 2. The minimum Gasteiger partial charge on any atom is -0.462 e. The highest BCUT2D eigenvalue weighted by Gasteiger charge is 2.22. The Morgan fingerprint density at radius 3 is 2.41 bits per heavy atom. The second-order valence-corrected chi connectivity index (χ2v) is 3.18. The molecule has 1 rings (SSSR count). The Hall–Kier alpha value is -1.69. The van der Waals surface area contributed by atoms with Crippen molar-refractivity contribution in [2.75, 3.05) is 13.2 Å². The predicted molar refractivity (Wildman–Crippen MR) is 59.0 cm³/mol. The topological polar surface area (TPSA) is 78.4 Å². The zero-order valence-electron chi connectivity index (χ0n) is 9.40. The molecule has 92 valence electrons. The minimum absolute atomic E-state index is 0.0605. The van der Waals surface area contributed by atoms with Crippen LogP contribution < -0.4 is 0 Å². The molecular weight excluding hydrogens is 248 g/mol. The lowest BCUT2D eigenvalue weighted by molar-refractivity contribution is 0.0472. The van der Waals surface area contributed by atoms with Gasteiger partial charge in [0, 0.05) is 6.20 Å². The lowest BCUT2D eigenvalue weighted by atomic mass is 10.2. The van der Waals surface area contributed by atoms with E-state index in [0.717, 1.165) is 6.20 Å². The van der Waals surface area contributed by atoms with Crippen molar-refractivity contribution in [2.24, 2.45) is 0 Å². The second kappa shape index (κ2) is 6.15. The van der Waals surface area contributed by atoms with E-state index in [0.29, 0.717) is 0 Å². The fourth-order valence-electron chi connectivity index (χ4n) is 1.07. The van der Waals surface area contributed by atoms with Gasteiger partial charge in [-0.05, 0) is 25.4 Å². The van der Waals surface area contributed by atoms with Crippen LogP contribution in [0.3, 0.4) is 0 Å². The molecule has 0 N–H and O–H groups in total. The molecular formula is C10H11ClN2O4. The van der Waals surface area contributed by atoms with E-state index in [9.17, 15) is 9.59 Å². The molecule has 0 aromatic carbocycles. The summed E-state index contributed by atoms with van der Waals surface area (Å²) in [6.07, 6.45) is 1.14. The van der Waals surface area contributed by atoms with Gasteiger partial charge in [-0.25, -0.2) is 19.6 Å². The summed E-state index contributed by atoms with van der Waals surface area (Å²) >= 11 is 5.56. The molecule has 0 aliphatic rings. The molecule has 0 atom stereocenters. The number of carbonyl (C=O) groups excluding carboxylic acids is 2. The predicted octanol–water partition coefficient (Wildman–Crippen LogP) is 1.48. The SMILES string of the molecule is CCOC(=O)c1cnc(Cl)nc1C(=O)OCC. The third-order valence-corrected chi connectivity index (χ3v) is 1.91. The van der Waals surface area contributed by atoms with E-state index in [1.165, 1.54) is 0 Å². The van der Waals surface area contributed by atoms with Crippen LogP contribution in [0.15, 0.2) is 6.20 Å². The molecule has 6 nitrogen and oxygen atoms in total. The van der Waals surface area contributed by atoms with Crippen LogP contribution in [-0.2, 0) is 9.47 Å². The Labute approximate surface area is 103 Å². The van der Waals surface area contributed by atoms with Crippen LogP contribution in [0.2, 0.25) is 5.28 Å². The van der Waals surface area contributed by atoms with Crippen molar-refractivity contribution >= 4 is 23.5 Å². The molecule has 0 amide bonds. The Morgan fingerprint density at radius 2 is 1.82 bits per heavy atom. The maximum atomic E-state index is 11.5. The zero-order valence-corrected chi connectivity index (χ0v) is 10.2. The van der Waals surface area contributed by atoms with E-state index in [2.05, 4.69) is 9.97 Å². The number of nitrogens with zero attached hydrogens (tertiary/aromatic N) is 2.